The third kappa shape index (κ3) is 4.85. The molecular formula is C16H16N2O6S. The molecule has 0 amide bonds. The lowest BCUT2D eigenvalue weighted by Gasteiger charge is -2.07. The van der Waals surface area contributed by atoms with Crippen LogP contribution in [0.1, 0.15) is 15.9 Å². The minimum atomic E-state index is -3.75. The molecule has 0 aliphatic heterocycles. The van der Waals surface area contributed by atoms with Crippen LogP contribution in [0.15, 0.2) is 53.4 Å². The van der Waals surface area contributed by atoms with Gasteiger partial charge in [-0.15, -0.1) is 0 Å². The van der Waals surface area contributed by atoms with Crippen LogP contribution < -0.4 is 4.72 Å². The summed E-state index contributed by atoms with van der Waals surface area (Å²) in [6.07, 6.45) is 0.424. The fourth-order valence-corrected chi connectivity index (χ4v) is 3.12. The second kappa shape index (κ2) is 7.86. The molecule has 0 spiro atoms. The fourth-order valence-electron chi connectivity index (χ4n) is 2.09. The van der Waals surface area contributed by atoms with Crippen molar-refractivity contribution in [3.8, 4) is 0 Å². The predicted octanol–water partition coefficient (Wildman–Crippen LogP) is 1.90. The van der Waals surface area contributed by atoms with Crippen LogP contribution in [-0.2, 0) is 21.2 Å². The van der Waals surface area contributed by atoms with E-state index in [9.17, 15) is 23.3 Å². The third-order valence-corrected chi connectivity index (χ3v) is 4.92. The van der Waals surface area contributed by atoms with Gasteiger partial charge in [0.2, 0.25) is 10.0 Å². The zero-order valence-corrected chi connectivity index (χ0v) is 14.2. The Balaban J connectivity index is 1.95. The summed E-state index contributed by atoms with van der Waals surface area (Å²) in [6, 6.07) is 11.3. The summed E-state index contributed by atoms with van der Waals surface area (Å²) in [5, 5.41) is 10.6. The van der Waals surface area contributed by atoms with Crippen molar-refractivity contribution in [2.45, 2.75) is 11.3 Å². The van der Waals surface area contributed by atoms with Crippen molar-refractivity contribution < 1.29 is 22.9 Å². The summed E-state index contributed by atoms with van der Waals surface area (Å²) in [7, 11) is -2.45. The van der Waals surface area contributed by atoms with Gasteiger partial charge in [0, 0.05) is 18.7 Å². The Bertz CT molecular complexity index is 861. The SMILES string of the molecule is COC(=O)c1ccc(CCNS(=O)(=O)c2ccc([N+](=O)[O-])cc2)cc1. The maximum atomic E-state index is 12.1. The Hall–Kier alpha value is -2.78. The lowest BCUT2D eigenvalue weighted by atomic mass is 10.1. The van der Waals surface area contributed by atoms with Crippen LogP contribution in [0.2, 0.25) is 0 Å². The smallest absolute Gasteiger partial charge is 0.337 e. The minimum absolute atomic E-state index is 0.0425. The van der Waals surface area contributed by atoms with Crippen LogP contribution >= 0.6 is 0 Å². The van der Waals surface area contributed by atoms with Crippen molar-refractivity contribution in [3.05, 3.63) is 69.8 Å². The molecule has 1 N–H and O–H groups in total. The molecule has 0 saturated carbocycles. The Morgan fingerprint density at radius 1 is 1.12 bits per heavy atom. The van der Waals surface area contributed by atoms with E-state index in [1.807, 2.05) is 0 Å². The molecule has 0 aliphatic carbocycles. The van der Waals surface area contributed by atoms with Crippen molar-refractivity contribution in [3.63, 3.8) is 0 Å². The maximum Gasteiger partial charge on any atom is 0.337 e. The van der Waals surface area contributed by atoms with E-state index in [1.165, 1.54) is 19.2 Å². The first kappa shape index (κ1) is 18.6. The average molecular weight is 364 g/mol. The van der Waals surface area contributed by atoms with E-state index in [0.717, 1.165) is 17.7 Å². The monoisotopic (exact) mass is 364 g/mol. The quantitative estimate of drug-likeness (QED) is 0.456. The molecule has 0 aromatic heterocycles. The van der Waals surface area contributed by atoms with Crippen molar-refractivity contribution in [1.29, 1.82) is 0 Å². The summed E-state index contributed by atoms with van der Waals surface area (Å²) in [5.74, 6) is -0.439. The molecule has 25 heavy (non-hydrogen) atoms. The summed E-state index contributed by atoms with van der Waals surface area (Å²) in [6.45, 7) is 0.150. The number of hydrogen-bond acceptors (Lipinski definition) is 6. The Morgan fingerprint density at radius 2 is 1.72 bits per heavy atom. The van der Waals surface area contributed by atoms with Gasteiger partial charge < -0.3 is 4.74 Å². The zero-order valence-electron chi connectivity index (χ0n) is 13.3. The van der Waals surface area contributed by atoms with Crippen LogP contribution in [0.5, 0.6) is 0 Å². The largest absolute Gasteiger partial charge is 0.465 e. The van der Waals surface area contributed by atoms with Gasteiger partial charge in [-0.25, -0.2) is 17.9 Å². The highest BCUT2D eigenvalue weighted by Crippen LogP contribution is 2.15. The van der Waals surface area contributed by atoms with Crippen molar-refractivity contribution >= 4 is 21.7 Å². The highest BCUT2D eigenvalue weighted by molar-refractivity contribution is 7.89. The number of non-ortho nitro benzene ring substituents is 1. The van der Waals surface area contributed by atoms with Crippen molar-refractivity contribution in [1.82, 2.24) is 4.72 Å². The number of nitrogens with zero attached hydrogens (tertiary/aromatic N) is 1. The molecule has 0 unspecified atom stereocenters. The first-order valence-electron chi connectivity index (χ1n) is 7.25. The van der Waals surface area contributed by atoms with Crippen LogP contribution in [-0.4, -0.2) is 33.0 Å². The van der Waals surface area contributed by atoms with E-state index in [0.29, 0.717) is 12.0 Å². The topological polar surface area (TPSA) is 116 Å². The normalized spacial score (nSPS) is 11.1. The number of carbonyl (C=O) groups excluding carboxylic acids is 1. The van der Waals surface area contributed by atoms with Crippen LogP contribution in [0.3, 0.4) is 0 Å². The zero-order chi connectivity index (χ0) is 18.4. The fraction of sp³-hybridized carbons (Fsp3) is 0.188. The number of esters is 1. The van der Waals surface area contributed by atoms with Crippen molar-refractivity contribution in [2.24, 2.45) is 0 Å². The highest BCUT2D eigenvalue weighted by atomic mass is 32.2. The van der Waals surface area contributed by atoms with Gasteiger partial charge in [0.25, 0.3) is 5.69 Å². The number of nitro groups is 1. The number of nitro benzene ring substituents is 1. The minimum Gasteiger partial charge on any atom is -0.465 e. The Morgan fingerprint density at radius 3 is 2.24 bits per heavy atom. The van der Waals surface area contributed by atoms with E-state index in [2.05, 4.69) is 9.46 Å². The van der Waals surface area contributed by atoms with Gasteiger partial charge in [0.15, 0.2) is 0 Å². The Kier molecular flexibility index (Phi) is 5.84. The molecule has 0 atom stereocenters. The number of benzene rings is 2. The Labute approximate surface area is 144 Å². The molecule has 0 saturated heterocycles. The molecule has 0 radical (unpaired) electrons. The average Bonchev–Trinajstić information content (AvgIpc) is 2.61. The second-order valence-electron chi connectivity index (χ2n) is 5.09. The van der Waals surface area contributed by atoms with Crippen LogP contribution in [0.25, 0.3) is 0 Å². The number of sulfonamides is 1. The van der Waals surface area contributed by atoms with E-state index < -0.39 is 20.9 Å². The molecule has 2 rings (SSSR count). The number of carbonyl (C=O) groups is 1. The van der Waals surface area contributed by atoms with Gasteiger partial charge in [-0.2, -0.15) is 0 Å². The first-order chi connectivity index (χ1) is 11.8. The lowest BCUT2D eigenvalue weighted by molar-refractivity contribution is -0.384. The maximum absolute atomic E-state index is 12.1. The third-order valence-electron chi connectivity index (χ3n) is 3.44. The van der Waals surface area contributed by atoms with Gasteiger partial charge in [-0.1, -0.05) is 12.1 Å². The van der Waals surface area contributed by atoms with Crippen LogP contribution in [0, 0.1) is 10.1 Å². The molecule has 2 aromatic carbocycles. The molecule has 0 aliphatic rings. The van der Waals surface area contributed by atoms with E-state index in [-0.39, 0.29) is 17.1 Å². The van der Waals surface area contributed by atoms with Gasteiger partial charge in [0.1, 0.15) is 0 Å². The van der Waals surface area contributed by atoms with Crippen molar-refractivity contribution in [2.75, 3.05) is 13.7 Å². The van der Waals surface area contributed by atoms with E-state index >= 15 is 0 Å². The van der Waals surface area contributed by atoms with Gasteiger partial charge >= 0.3 is 5.97 Å². The molecule has 9 heteroatoms. The lowest BCUT2D eigenvalue weighted by Crippen LogP contribution is -2.26. The molecule has 132 valence electrons. The number of ether oxygens (including phenoxy) is 1. The van der Waals surface area contributed by atoms with Gasteiger partial charge in [-0.05, 0) is 36.2 Å². The predicted molar refractivity (Wildman–Crippen MR) is 89.8 cm³/mol. The second-order valence-corrected chi connectivity index (χ2v) is 6.85. The summed E-state index contributed by atoms with van der Waals surface area (Å²) in [5.41, 5.74) is 1.08. The number of methoxy groups -OCH3 is 1. The van der Waals surface area contributed by atoms with E-state index in [4.69, 9.17) is 0 Å². The number of hydrogen-bond donors (Lipinski definition) is 1. The molecule has 2 aromatic rings. The molecule has 8 nitrogen and oxygen atoms in total. The molecule has 0 bridgehead atoms. The van der Waals surface area contributed by atoms with Crippen LogP contribution in [0.4, 0.5) is 5.69 Å². The van der Waals surface area contributed by atoms with E-state index in [1.54, 1.807) is 24.3 Å². The number of rotatable bonds is 7. The van der Waals surface area contributed by atoms with Gasteiger partial charge in [0.05, 0.1) is 22.5 Å². The summed E-state index contributed by atoms with van der Waals surface area (Å²) in [4.78, 5) is 21.3. The molecular weight excluding hydrogens is 348 g/mol. The molecule has 0 heterocycles. The highest BCUT2D eigenvalue weighted by Gasteiger charge is 2.15. The number of nitrogens with one attached hydrogen (secondary N) is 1. The summed E-state index contributed by atoms with van der Waals surface area (Å²) >= 11 is 0. The molecule has 0 fully saturated rings. The van der Waals surface area contributed by atoms with Gasteiger partial charge in [-0.3, -0.25) is 10.1 Å². The summed E-state index contributed by atoms with van der Waals surface area (Å²) < 4.78 is 31.3. The first-order valence-corrected chi connectivity index (χ1v) is 8.73. The standard InChI is InChI=1S/C16H16N2O6S/c1-24-16(19)13-4-2-12(3-5-13)10-11-17-25(22,23)15-8-6-14(7-9-15)18(20)21/h2-9,17H,10-11H2,1H3.